The topological polar surface area (TPSA) is 0 Å². The Balaban J connectivity index is 5.21. The zero-order valence-electron chi connectivity index (χ0n) is 13.7. The summed E-state index contributed by atoms with van der Waals surface area (Å²) in [5.41, 5.74) is 1.56. The minimum atomic E-state index is 0.0537. The van der Waals surface area contributed by atoms with Gasteiger partial charge in [0.25, 0.3) is 0 Å². The van der Waals surface area contributed by atoms with Crippen LogP contribution in [0, 0.1) is 28.1 Å². The van der Waals surface area contributed by atoms with E-state index in [4.69, 9.17) is 0 Å². The molecular formula is C18H30. The van der Waals surface area contributed by atoms with Crippen LogP contribution >= 0.6 is 0 Å². The number of hydrogen-bond acceptors (Lipinski definition) is 0. The number of rotatable bonds is 1. The molecule has 0 aromatic carbocycles. The van der Waals surface area contributed by atoms with Crippen molar-refractivity contribution in [2.24, 2.45) is 16.2 Å². The molecule has 0 nitrogen and oxygen atoms in total. The first-order valence-electron chi connectivity index (χ1n) is 6.74. The van der Waals surface area contributed by atoms with Crippen LogP contribution in [0.15, 0.2) is 23.8 Å². The third-order valence-corrected chi connectivity index (χ3v) is 2.24. The van der Waals surface area contributed by atoms with Gasteiger partial charge in [-0.15, -0.1) is 0 Å². The Morgan fingerprint density at radius 2 is 1.33 bits per heavy atom. The maximum Gasteiger partial charge on any atom is 0.0233 e. The van der Waals surface area contributed by atoms with Crippen molar-refractivity contribution in [1.82, 2.24) is 0 Å². The molecule has 0 aromatic heterocycles. The van der Waals surface area contributed by atoms with Gasteiger partial charge in [-0.25, -0.2) is 0 Å². The summed E-state index contributed by atoms with van der Waals surface area (Å²) in [6.45, 7) is 19.7. The minimum Gasteiger partial charge on any atom is -0.0923 e. The van der Waals surface area contributed by atoms with Crippen molar-refractivity contribution < 1.29 is 0 Å². The van der Waals surface area contributed by atoms with E-state index in [9.17, 15) is 0 Å². The first kappa shape index (κ1) is 17.0. The smallest absolute Gasteiger partial charge is 0.0233 e. The van der Waals surface area contributed by atoms with Gasteiger partial charge in [0.05, 0.1) is 0 Å². The number of hydrogen-bond donors (Lipinski definition) is 0. The highest BCUT2D eigenvalue weighted by molar-refractivity contribution is 5.37. The van der Waals surface area contributed by atoms with Gasteiger partial charge in [-0.2, -0.15) is 0 Å². The summed E-state index contributed by atoms with van der Waals surface area (Å²) in [6, 6.07) is 0. The zero-order valence-corrected chi connectivity index (χ0v) is 13.7. The normalized spacial score (nSPS) is 14.6. The fourth-order valence-corrected chi connectivity index (χ4v) is 1.17. The first-order chi connectivity index (χ1) is 7.81. The molecule has 0 rings (SSSR count). The Morgan fingerprint density at radius 3 is 1.67 bits per heavy atom. The van der Waals surface area contributed by atoms with Crippen LogP contribution in [-0.4, -0.2) is 0 Å². The Morgan fingerprint density at radius 1 is 0.833 bits per heavy atom. The number of allylic oxidation sites excluding steroid dienone is 4. The standard InChI is InChI=1S/C18H30/c1-16(2,3)13-10-11-15(18(7,8)9)12-14-17(4,5)6/h10-11,13H,1-9H3. The van der Waals surface area contributed by atoms with Crippen molar-refractivity contribution >= 4 is 0 Å². The second-order valence-corrected chi connectivity index (χ2v) is 8.06. The molecule has 0 heteroatoms. The van der Waals surface area contributed by atoms with Crippen LogP contribution in [0.4, 0.5) is 0 Å². The highest BCUT2D eigenvalue weighted by atomic mass is 14.2. The fourth-order valence-electron chi connectivity index (χ4n) is 1.17. The van der Waals surface area contributed by atoms with Crippen molar-refractivity contribution in [3.8, 4) is 11.8 Å². The van der Waals surface area contributed by atoms with Gasteiger partial charge >= 0.3 is 0 Å². The van der Waals surface area contributed by atoms with E-state index in [0.717, 1.165) is 0 Å². The lowest BCUT2D eigenvalue weighted by molar-refractivity contribution is 0.518. The Labute approximate surface area is 115 Å². The lowest BCUT2D eigenvalue weighted by Gasteiger charge is -2.19. The zero-order chi connectivity index (χ0) is 14.6. The van der Waals surface area contributed by atoms with Gasteiger partial charge < -0.3 is 0 Å². The highest BCUT2D eigenvalue weighted by Gasteiger charge is 2.15. The average Bonchev–Trinajstić information content (AvgIpc) is 2.04. The first-order valence-corrected chi connectivity index (χ1v) is 6.74. The van der Waals surface area contributed by atoms with Crippen LogP contribution in [-0.2, 0) is 0 Å². The fraction of sp³-hybridized carbons (Fsp3) is 0.667. The summed E-state index contributed by atoms with van der Waals surface area (Å²) in [6.07, 6.45) is 6.51. The average molecular weight is 246 g/mol. The molecule has 0 heterocycles. The molecule has 0 unspecified atom stereocenters. The molecule has 0 aliphatic heterocycles. The second kappa shape index (κ2) is 5.79. The molecular weight excluding hydrogens is 216 g/mol. The molecule has 0 aliphatic rings. The molecule has 0 aromatic rings. The van der Waals surface area contributed by atoms with Crippen molar-refractivity contribution in [2.75, 3.05) is 0 Å². The van der Waals surface area contributed by atoms with Gasteiger partial charge in [-0.3, -0.25) is 0 Å². The molecule has 0 atom stereocenters. The summed E-state index contributed by atoms with van der Waals surface area (Å²) in [5.74, 6) is 6.67. The minimum absolute atomic E-state index is 0.0537. The molecule has 0 saturated carbocycles. The molecule has 0 N–H and O–H groups in total. The molecule has 18 heavy (non-hydrogen) atoms. The van der Waals surface area contributed by atoms with Gasteiger partial charge in [-0.1, -0.05) is 71.6 Å². The Kier molecular flexibility index (Phi) is 5.48. The molecule has 0 fully saturated rings. The predicted octanol–water partition coefficient (Wildman–Crippen LogP) is 5.61. The monoisotopic (exact) mass is 246 g/mol. The van der Waals surface area contributed by atoms with E-state index >= 15 is 0 Å². The summed E-state index contributed by atoms with van der Waals surface area (Å²) in [7, 11) is 0. The summed E-state index contributed by atoms with van der Waals surface area (Å²) < 4.78 is 0. The van der Waals surface area contributed by atoms with Crippen molar-refractivity contribution in [3.63, 3.8) is 0 Å². The summed E-state index contributed by atoms with van der Waals surface area (Å²) in [4.78, 5) is 0. The highest BCUT2D eigenvalue weighted by Crippen LogP contribution is 2.26. The van der Waals surface area contributed by atoms with E-state index in [0.29, 0.717) is 0 Å². The van der Waals surface area contributed by atoms with E-state index in [2.05, 4.69) is 92.4 Å². The lowest BCUT2D eigenvalue weighted by atomic mass is 9.85. The van der Waals surface area contributed by atoms with E-state index < -0.39 is 0 Å². The lowest BCUT2D eigenvalue weighted by Crippen LogP contribution is -2.09. The molecule has 0 aliphatic carbocycles. The van der Waals surface area contributed by atoms with Gasteiger partial charge in [0.1, 0.15) is 0 Å². The van der Waals surface area contributed by atoms with Gasteiger partial charge in [0.15, 0.2) is 0 Å². The van der Waals surface area contributed by atoms with E-state index in [1.54, 1.807) is 0 Å². The molecule has 102 valence electrons. The molecule has 0 spiro atoms. The van der Waals surface area contributed by atoms with Gasteiger partial charge in [0.2, 0.25) is 0 Å². The largest absolute Gasteiger partial charge is 0.0923 e. The van der Waals surface area contributed by atoms with Crippen LogP contribution in [0.3, 0.4) is 0 Å². The Bertz CT molecular complexity index is 373. The van der Waals surface area contributed by atoms with Crippen molar-refractivity contribution in [2.45, 2.75) is 62.3 Å². The van der Waals surface area contributed by atoms with Crippen LogP contribution < -0.4 is 0 Å². The quantitative estimate of drug-likeness (QED) is 0.416. The molecule has 0 radical (unpaired) electrons. The van der Waals surface area contributed by atoms with Crippen molar-refractivity contribution in [3.05, 3.63) is 23.8 Å². The SMILES string of the molecule is CC(C)(C)C#CC(=CC=CC(C)(C)C)C(C)(C)C. The molecule has 0 amide bonds. The predicted molar refractivity (Wildman–Crippen MR) is 83.4 cm³/mol. The summed E-state index contributed by atoms with van der Waals surface area (Å²) >= 11 is 0. The van der Waals surface area contributed by atoms with E-state index in [1.165, 1.54) is 5.57 Å². The Hall–Kier alpha value is -0.960. The van der Waals surface area contributed by atoms with Gasteiger partial charge in [0, 0.05) is 11.0 Å². The van der Waals surface area contributed by atoms with Gasteiger partial charge in [-0.05, 0) is 31.6 Å². The second-order valence-electron chi connectivity index (χ2n) is 8.06. The van der Waals surface area contributed by atoms with Crippen LogP contribution in [0.5, 0.6) is 0 Å². The van der Waals surface area contributed by atoms with Crippen molar-refractivity contribution in [1.29, 1.82) is 0 Å². The van der Waals surface area contributed by atoms with Crippen LogP contribution in [0.1, 0.15) is 62.3 Å². The summed E-state index contributed by atoms with van der Waals surface area (Å²) in [5, 5.41) is 0. The third kappa shape index (κ3) is 9.11. The maximum atomic E-state index is 3.35. The third-order valence-electron chi connectivity index (χ3n) is 2.24. The maximum absolute atomic E-state index is 3.35. The molecule has 0 saturated heterocycles. The van der Waals surface area contributed by atoms with E-state index in [-0.39, 0.29) is 16.2 Å². The van der Waals surface area contributed by atoms with Crippen LogP contribution in [0.2, 0.25) is 0 Å². The van der Waals surface area contributed by atoms with E-state index in [1.807, 2.05) is 0 Å². The molecule has 0 bridgehead atoms. The van der Waals surface area contributed by atoms with Crippen LogP contribution in [0.25, 0.3) is 0 Å².